The van der Waals surface area contributed by atoms with Crippen molar-refractivity contribution in [3.05, 3.63) is 35.3 Å². The Kier molecular flexibility index (Phi) is 3.56. The van der Waals surface area contributed by atoms with E-state index in [0.29, 0.717) is 22.5 Å². The summed E-state index contributed by atoms with van der Waals surface area (Å²) in [7, 11) is 0. The lowest BCUT2D eigenvalue weighted by molar-refractivity contribution is -0.118. The Bertz CT molecular complexity index is 622. The average molecular weight is 289 g/mol. The van der Waals surface area contributed by atoms with Gasteiger partial charge in [-0.2, -0.15) is 0 Å². The minimum atomic E-state index is -0.232. The summed E-state index contributed by atoms with van der Waals surface area (Å²) in [5, 5.41) is 5.37. The molecule has 5 nitrogen and oxygen atoms in total. The average Bonchev–Trinajstić information content (AvgIpc) is 3.19. The number of benzene rings is 1. The Balaban J connectivity index is 1.52. The van der Waals surface area contributed by atoms with Crippen LogP contribution in [0.25, 0.3) is 0 Å². The molecular weight excluding hydrogens is 274 g/mol. The lowest BCUT2D eigenvalue weighted by Crippen LogP contribution is -2.20. The Labute approximate surface area is 120 Å². The van der Waals surface area contributed by atoms with Crippen molar-refractivity contribution in [1.29, 1.82) is 0 Å². The predicted octanol–water partition coefficient (Wildman–Crippen LogP) is 2.62. The first kappa shape index (κ1) is 12.9. The number of carbonyl (C=O) groups is 1. The number of hydrogen-bond acceptors (Lipinski definition) is 5. The van der Waals surface area contributed by atoms with Crippen LogP contribution in [-0.2, 0) is 4.79 Å². The summed E-state index contributed by atoms with van der Waals surface area (Å²) in [5.74, 6) is 0.877. The van der Waals surface area contributed by atoms with Gasteiger partial charge in [0.25, 0.3) is 5.91 Å². The molecule has 20 heavy (non-hydrogen) atoms. The number of anilines is 2. The van der Waals surface area contributed by atoms with Crippen LogP contribution in [0.2, 0.25) is 0 Å². The number of thiazole rings is 1. The third-order valence-corrected chi connectivity index (χ3v) is 3.82. The molecule has 3 rings (SSSR count). The number of carbonyl (C=O) groups excluding carboxylic acids is 1. The molecule has 1 aromatic heterocycles. The summed E-state index contributed by atoms with van der Waals surface area (Å²) < 4.78 is 5.38. The Hall–Kier alpha value is -2.08. The van der Waals surface area contributed by atoms with Crippen LogP contribution in [0.3, 0.4) is 0 Å². The minimum absolute atomic E-state index is 0.0768. The van der Waals surface area contributed by atoms with Gasteiger partial charge in [0.05, 0.1) is 11.4 Å². The summed E-state index contributed by atoms with van der Waals surface area (Å²) in [4.78, 5) is 16.2. The Morgan fingerprint density at radius 1 is 1.45 bits per heavy atom. The van der Waals surface area contributed by atoms with E-state index in [1.54, 1.807) is 12.1 Å². The van der Waals surface area contributed by atoms with Crippen LogP contribution in [0.4, 0.5) is 10.8 Å². The molecule has 1 aliphatic rings. The monoisotopic (exact) mass is 289 g/mol. The maximum Gasteiger partial charge on any atom is 0.264 e. The number of nitrogens with one attached hydrogen (secondary N) is 1. The van der Waals surface area contributed by atoms with Crippen LogP contribution in [0.5, 0.6) is 5.75 Å². The van der Waals surface area contributed by atoms with E-state index in [-0.39, 0.29) is 12.5 Å². The van der Waals surface area contributed by atoms with Crippen molar-refractivity contribution in [1.82, 2.24) is 4.98 Å². The van der Waals surface area contributed by atoms with E-state index >= 15 is 0 Å². The van der Waals surface area contributed by atoms with Gasteiger partial charge in [-0.15, -0.1) is 11.3 Å². The standard InChI is InChI=1S/C14H15N3O2S/c15-10-3-1-2-4-12(10)19-7-13(18)17-14-16-11(8-20-14)9-5-6-9/h1-4,8-9H,5-7,15H2,(H,16,17,18). The van der Waals surface area contributed by atoms with Crippen LogP contribution >= 0.6 is 11.3 Å². The fourth-order valence-electron chi connectivity index (χ4n) is 1.82. The molecular formula is C14H15N3O2S. The van der Waals surface area contributed by atoms with Crippen molar-refractivity contribution in [2.24, 2.45) is 0 Å². The largest absolute Gasteiger partial charge is 0.482 e. The van der Waals surface area contributed by atoms with Gasteiger partial charge in [-0.1, -0.05) is 12.1 Å². The van der Waals surface area contributed by atoms with Crippen molar-refractivity contribution < 1.29 is 9.53 Å². The summed E-state index contributed by atoms with van der Waals surface area (Å²) in [6.45, 7) is -0.0768. The fraction of sp³-hybridized carbons (Fsp3) is 0.286. The molecule has 1 heterocycles. The highest BCUT2D eigenvalue weighted by Crippen LogP contribution is 2.40. The van der Waals surface area contributed by atoms with Gasteiger partial charge in [-0.25, -0.2) is 4.98 Å². The summed E-state index contributed by atoms with van der Waals surface area (Å²) >= 11 is 1.45. The zero-order valence-corrected chi connectivity index (χ0v) is 11.7. The highest BCUT2D eigenvalue weighted by atomic mass is 32.1. The minimum Gasteiger partial charge on any atom is -0.482 e. The molecule has 1 saturated carbocycles. The number of aromatic nitrogens is 1. The first-order valence-electron chi connectivity index (χ1n) is 6.45. The second kappa shape index (κ2) is 5.50. The van der Waals surface area contributed by atoms with E-state index in [0.717, 1.165) is 5.69 Å². The number of nitrogens with two attached hydrogens (primary N) is 1. The Morgan fingerprint density at radius 2 is 2.25 bits per heavy atom. The van der Waals surface area contributed by atoms with Crippen LogP contribution in [0.15, 0.2) is 29.6 Å². The van der Waals surface area contributed by atoms with Crippen LogP contribution in [-0.4, -0.2) is 17.5 Å². The molecule has 0 atom stereocenters. The first-order chi connectivity index (χ1) is 9.72. The molecule has 1 aromatic carbocycles. The SMILES string of the molecule is Nc1ccccc1OCC(=O)Nc1nc(C2CC2)cs1. The second-order valence-corrected chi connectivity index (χ2v) is 5.58. The van der Waals surface area contributed by atoms with Gasteiger partial charge in [0, 0.05) is 11.3 Å². The molecule has 0 bridgehead atoms. The van der Waals surface area contributed by atoms with Crippen molar-refractivity contribution in [2.75, 3.05) is 17.7 Å². The van der Waals surface area contributed by atoms with Gasteiger partial charge in [0.2, 0.25) is 0 Å². The first-order valence-corrected chi connectivity index (χ1v) is 7.33. The topological polar surface area (TPSA) is 77.2 Å². The molecule has 1 fully saturated rings. The van der Waals surface area contributed by atoms with Crippen LogP contribution < -0.4 is 15.8 Å². The van der Waals surface area contributed by atoms with Crippen LogP contribution in [0, 0.1) is 0 Å². The highest BCUT2D eigenvalue weighted by molar-refractivity contribution is 7.13. The molecule has 0 spiro atoms. The smallest absolute Gasteiger partial charge is 0.264 e. The van der Waals surface area contributed by atoms with Gasteiger partial charge >= 0.3 is 0 Å². The lowest BCUT2D eigenvalue weighted by Gasteiger charge is -2.07. The molecule has 2 aromatic rings. The van der Waals surface area contributed by atoms with E-state index < -0.39 is 0 Å². The van der Waals surface area contributed by atoms with E-state index in [9.17, 15) is 4.79 Å². The molecule has 0 unspecified atom stereocenters. The normalized spacial score (nSPS) is 14.0. The van der Waals surface area contributed by atoms with E-state index in [4.69, 9.17) is 10.5 Å². The van der Waals surface area contributed by atoms with E-state index in [1.165, 1.54) is 24.2 Å². The van der Waals surface area contributed by atoms with Gasteiger partial charge in [0.1, 0.15) is 5.75 Å². The third kappa shape index (κ3) is 3.08. The van der Waals surface area contributed by atoms with Crippen molar-refractivity contribution in [3.8, 4) is 5.75 Å². The van der Waals surface area contributed by atoms with Crippen LogP contribution in [0.1, 0.15) is 24.5 Å². The molecule has 0 aliphatic heterocycles. The van der Waals surface area contributed by atoms with Gasteiger partial charge in [-0.05, 0) is 25.0 Å². The number of nitrogens with zero attached hydrogens (tertiary/aromatic N) is 1. The van der Waals surface area contributed by atoms with Crippen molar-refractivity contribution in [3.63, 3.8) is 0 Å². The quantitative estimate of drug-likeness (QED) is 0.829. The molecule has 1 aliphatic carbocycles. The van der Waals surface area contributed by atoms with Gasteiger partial charge in [-0.3, -0.25) is 10.1 Å². The number of amides is 1. The summed E-state index contributed by atoms with van der Waals surface area (Å²) in [5.41, 5.74) is 7.34. The number of nitrogen functional groups attached to an aromatic ring is 1. The second-order valence-electron chi connectivity index (χ2n) is 4.73. The van der Waals surface area contributed by atoms with Crippen molar-refractivity contribution >= 4 is 28.1 Å². The number of hydrogen-bond donors (Lipinski definition) is 2. The maximum atomic E-state index is 11.8. The van der Waals surface area contributed by atoms with E-state index in [2.05, 4.69) is 10.3 Å². The van der Waals surface area contributed by atoms with Crippen molar-refractivity contribution in [2.45, 2.75) is 18.8 Å². The molecule has 1 amide bonds. The third-order valence-electron chi connectivity index (χ3n) is 3.04. The predicted molar refractivity (Wildman–Crippen MR) is 79.1 cm³/mol. The van der Waals surface area contributed by atoms with Gasteiger partial charge in [0.15, 0.2) is 11.7 Å². The molecule has 0 radical (unpaired) electrons. The summed E-state index contributed by atoms with van der Waals surface area (Å²) in [6, 6.07) is 7.09. The fourth-order valence-corrected chi connectivity index (χ4v) is 2.63. The zero-order valence-electron chi connectivity index (χ0n) is 10.8. The zero-order chi connectivity index (χ0) is 13.9. The molecule has 6 heteroatoms. The molecule has 3 N–H and O–H groups in total. The Morgan fingerprint density at radius 3 is 3.00 bits per heavy atom. The number of ether oxygens (including phenoxy) is 1. The van der Waals surface area contributed by atoms with Gasteiger partial charge < -0.3 is 10.5 Å². The molecule has 0 saturated heterocycles. The molecule has 104 valence electrons. The summed E-state index contributed by atoms with van der Waals surface area (Å²) in [6.07, 6.45) is 2.40. The number of rotatable bonds is 5. The highest BCUT2D eigenvalue weighted by Gasteiger charge is 2.26. The van der Waals surface area contributed by atoms with E-state index in [1.807, 2.05) is 17.5 Å². The number of para-hydroxylation sites is 2. The lowest BCUT2D eigenvalue weighted by atomic mass is 10.3. The maximum absolute atomic E-state index is 11.8.